The van der Waals surface area contributed by atoms with Crippen LogP contribution in [-0.2, 0) is 6.54 Å². The first kappa shape index (κ1) is 14.6. The third-order valence-corrected chi connectivity index (χ3v) is 4.50. The third-order valence-electron chi connectivity index (χ3n) is 4.50. The highest BCUT2D eigenvalue weighted by molar-refractivity contribution is 5.94. The molecule has 4 rings (SSSR count). The average molecular weight is 312 g/mol. The molecule has 0 radical (unpaired) electrons. The molecule has 2 aromatic carbocycles. The summed E-state index contributed by atoms with van der Waals surface area (Å²) in [6.07, 6.45) is 8.40. The Morgan fingerprint density at radius 2 is 1.58 bits per heavy atom. The second-order valence-corrected chi connectivity index (χ2v) is 6.06. The summed E-state index contributed by atoms with van der Waals surface area (Å²) in [6, 6.07) is 22.1. The van der Waals surface area contributed by atoms with Crippen molar-refractivity contribution < 1.29 is 9.36 Å². The molecule has 0 aliphatic heterocycles. The third kappa shape index (κ3) is 2.79. The largest absolute Gasteiger partial charge is 0.287 e. The maximum absolute atomic E-state index is 12.3. The average Bonchev–Trinajstić information content (AvgIpc) is 3.07. The first-order chi connectivity index (χ1) is 11.8. The Hall–Kier alpha value is -3.00. The standard InChI is InChI=1S/C22H18NO/c24-22(19-7-2-1-3-8-19)16-23-14-12-18(13-15-23)21-11-10-17-6-4-5-9-20(17)21/h1-15,21H,16H2/q+1. The quantitative estimate of drug-likeness (QED) is 0.526. The molecule has 1 heterocycles. The van der Waals surface area contributed by atoms with Crippen molar-refractivity contribution in [3.63, 3.8) is 0 Å². The fraction of sp³-hybridized carbons (Fsp3) is 0.0909. The molecule has 1 aromatic heterocycles. The van der Waals surface area contributed by atoms with Crippen molar-refractivity contribution in [1.82, 2.24) is 0 Å². The number of allylic oxidation sites excluding steroid dienone is 1. The van der Waals surface area contributed by atoms with Crippen molar-refractivity contribution in [2.45, 2.75) is 12.5 Å². The van der Waals surface area contributed by atoms with E-state index in [1.54, 1.807) is 0 Å². The number of nitrogens with zero attached hydrogens (tertiary/aromatic N) is 1. The van der Waals surface area contributed by atoms with Gasteiger partial charge in [-0.1, -0.05) is 66.7 Å². The number of benzene rings is 2. The topological polar surface area (TPSA) is 20.9 Å². The highest BCUT2D eigenvalue weighted by Gasteiger charge is 2.19. The number of ketones is 1. The number of carbonyl (C=O) groups is 1. The van der Waals surface area contributed by atoms with Gasteiger partial charge in [-0.25, -0.2) is 0 Å². The summed E-state index contributed by atoms with van der Waals surface area (Å²) >= 11 is 0. The normalized spacial score (nSPS) is 15.2. The van der Waals surface area contributed by atoms with E-state index in [2.05, 4.69) is 48.6 Å². The minimum atomic E-state index is 0.124. The molecule has 1 atom stereocenters. The molecular formula is C22H18NO+. The molecule has 0 N–H and O–H groups in total. The van der Waals surface area contributed by atoms with E-state index in [1.807, 2.05) is 47.3 Å². The van der Waals surface area contributed by atoms with E-state index in [0.29, 0.717) is 12.5 Å². The maximum atomic E-state index is 12.3. The van der Waals surface area contributed by atoms with Gasteiger partial charge in [0.25, 0.3) is 0 Å². The lowest BCUT2D eigenvalue weighted by Crippen LogP contribution is -2.37. The van der Waals surface area contributed by atoms with Gasteiger partial charge >= 0.3 is 0 Å². The Morgan fingerprint density at radius 3 is 2.38 bits per heavy atom. The molecule has 1 aliphatic carbocycles. The van der Waals surface area contributed by atoms with Gasteiger partial charge in [0.2, 0.25) is 12.3 Å². The van der Waals surface area contributed by atoms with Crippen LogP contribution in [0.5, 0.6) is 0 Å². The van der Waals surface area contributed by atoms with Gasteiger partial charge in [0, 0.05) is 23.6 Å². The van der Waals surface area contributed by atoms with Crippen LogP contribution in [0.25, 0.3) is 6.08 Å². The summed E-state index contributed by atoms with van der Waals surface area (Å²) < 4.78 is 1.93. The number of fused-ring (bicyclic) bond motifs is 1. The number of aromatic nitrogens is 1. The van der Waals surface area contributed by atoms with Crippen LogP contribution in [-0.4, -0.2) is 5.78 Å². The highest BCUT2D eigenvalue weighted by atomic mass is 16.1. The molecule has 0 bridgehead atoms. The molecule has 0 amide bonds. The molecule has 2 heteroatoms. The van der Waals surface area contributed by atoms with Crippen LogP contribution in [0.4, 0.5) is 0 Å². The Labute approximate surface area is 141 Å². The molecule has 1 unspecified atom stereocenters. The van der Waals surface area contributed by atoms with Crippen molar-refractivity contribution in [2.24, 2.45) is 0 Å². The van der Waals surface area contributed by atoms with Crippen LogP contribution in [0.3, 0.4) is 0 Å². The van der Waals surface area contributed by atoms with E-state index in [-0.39, 0.29) is 5.78 Å². The summed E-state index contributed by atoms with van der Waals surface area (Å²) in [7, 11) is 0. The minimum Gasteiger partial charge on any atom is -0.287 e. The molecule has 1 aliphatic rings. The van der Waals surface area contributed by atoms with Gasteiger partial charge in [-0.05, 0) is 16.7 Å². The molecule has 2 nitrogen and oxygen atoms in total. The summed E-state index contributed by atoms with van der Waals surface area (Å²) in [5.41, 5.74) is 4.63. The SMILES string of the molecule is O=C(C[n+]1ccc(C2C=Cc3ccccc32)cc1)c1ccccc1. The first-order valence-corrected chi connectivity index (χ1v) is 8.16. The van der Waals surface area contributed by atoms with Crippen LogP contribution in [0.2, 0.25) is 0 Å². The number of rotatable bonds is 4. The highest BCUT2D eigenvalue weighted by Crippen LogP contribution is 2.34. The number of hydrogen-bond acceptors (Lipinski definition) is 1. The van der Waals surface area contributed by atoms with Crippen molar-refractivity contribution in [3.8, 4) is 0 Å². The lowest BCUT2D eigenvalue weighted by atomic mass is 9.94. The predicted molar refractivity (Wildman–Crippen MR) is 94.7 cm³/mol. The van der Waals surface area contributed by atoms with Crippen LogP contribution in [0.1, 0.15) is 33.0 Å². The van der Waals surface area contributed by atoms with E-state index in [9.17, 15) is 4.79 Å². The molecule has 0 spiro atoms. The van der Waals surface area contributed by atoms with Crippen LogP contribution < -0.4 is 4.57 Å². The summed E-state index contributed by atoms with van der Waals surface area (Å²) in [6.45, 7) is 0.362. The van der Waals surface area contributed by atoms with Gasteiger partial charge in [0.1, 0.15) is 0 Å². The van der Waals surface area contributed by atoms with Crippen molar-refractivity contribution in [1.29, 1.82) is 0 Å². The molecule has 0 fully saturated rings. The number of pyridine rings is 1. The Kier molecular flexibility index (Phi) is 3.80. The van der Waals surface area contributed by atoms with Gasteiger partial charge < -0.3 is 0 Å². The van der Waals surface area contributed by atoms with Gasteiger partial charge in [-0.2, -0.15) is 4.57 Å². The van der Waals surface area contributed by atoms with E-state index < -0.39 is 0 Å². The summed E-state index contributed by atoms with van der Waals surface area (Å²) in [5.74, 6) is 0.431. The lowest BCUT2D eigenvalue weighted by Gasteiger charge is -2.10. The van der Waals surface area contributed by atoms with Gasteiger partial charge in [-0.15, -0.1) is 0 Å². The zero-order valence-electron chi connectivity index (χ0n) is 13.3. The number of hydrogen-bond donors (Lipinski definition) is 0. The fourth-order valence-corrected chi connectivity index (χ4v) is 3.20. The Balaban J connectivity index is 1.52. The first-order valence-electron chi connectivity index (χ1n) is 8.16. The smallest absolute Gasteiger partial charge is 0.227 e. The van der Waals surface area contributed by atoms with Gasteiger partial charge in [0.15, 0.2) is 12.4 Å². The second-order valence-electron chi connectivity index (χ2n) is 6.06. The van der Waals surface area contributed by atoms with E-state index in [4.69, 9.17) is 0 Å². The van der Waals surface area contributed by atoms with Crippen molar-refractivity contribution in [2.75, 3.05) is 0 Å². The summed E-state index contributed by atoms with van der Waals surface area (Å²) in [5, 5.41) is 0. The molecule has 116 valence electrons. The molecule has 3 aromatic rings. The van der Waals surface area contributed by atoms with E-state index >= 15 is 0 Å². The summed E-state index contributed by atoms with van der Waals surface area (Å²) in [4.78, 5) is 12.3. The minimum absolute atomic E-state index is 0.124. The second kappa shape index (κ2) is 6.25. The number of Topliss-reactive ketones (excluding diaryl/α,β-unsaturated/α-hetero) is 1. The van der Waals surface area contributed by atoms with Crippen LogP contribution in [0.15, 0.2) is 85.2 Å². The molecule has 24 heavy (non-hydrogen) atoms. The predicted octanol–water partition coefficient (Wildman–Crippen LogP) is 4.02. The molecular weight excluding hydrogens is 294 g/mol. The van der Waals surface area contributed by atoms with Crippen molar-refractivity contribution in [3.05, 3.63) is 107 Å². The Morgan fingerprint density at radius 1 is 0.875 bits per heavy atom. The monoisotopic (exact) mass is 312 g/mol. The molecule has 0 saturated heterocycles. The van der Waals surface area contributed by atoms with Crippen molar-refractivity contribution >= 4 is 11.9 Å². The lowest BCUT2D eigenvalue weighted by molar-refractivity contribution is -0.683. The zero-order valence-corrected chi connectivity index (χ0v) is 13.3. The van der Waals surface area contributed by atoms with Gasteiger partial charge in [-0.3, -0.25) is 4.79 Å². The van der Waals surface area contributed by atoms with E-state index in [0.717, 1.165) is 5.56 Å². The molecule has 0 saturated carbocycles. The Bertz CT molecular complexity index is 895. The number of carbonyl (C=O) groups excluding carboxylic acids is 1. The zero-order chi connectivity index (χ0) is 16.4. The van der Waals surface area contributed by atoms with Gasteiger partial charge in [0.05, 0.1) is 0 Å². The maximum Gasteiger partial charge on any atom is 0.227 e. The van der Waals surface area contributed by atoms with E-state index in [1.165, 1.54) is 16.7 Å². The van der Waals surface area contributed by atoms with Crippen LogP contribution in [0, 0.1) is 0 Å². The van der Waals surface area contributed by atoms with Crippen LogP contribution >= 0.6 is 0 Å². The fourth-order valence-electron chi connectivity index (χ4n) is 3.20.